The SMILES string of the molecule is CC(C)C(c1nc2ccccc2n2cccc12)N1CCCCC1. The predicted molar refractivity (Wildman–Crippen MR) is 95.7 cm³/mol. The van der Waals surface area contributed by atoms with Gasteiger partial charge in [-0.1, -0.05) is 32.4 Å². The number of para-hydroxylation sites is 2. The Labute approximate surface area is 137 Å². The number of benzene rings is 1. The molecule has 0 saturated carbocycles. The van der Waals surface area contributed by atoms with Crippen molar-refractivity contribution in [2.45, 2.75) is 39.2 Å². The maximum absolute atomic E-state index is 5.11. The number of rotatable bonds is 3. The van der Waals surface area contributed by atoms with Gasteiger partial charge >= 0.3 is 0 Å². The normalized spacial score (nSPS) is 18.0. The average molecular weight is 307 g/mol. The van der Waals surface area contributed by atoms with E-state index in [1.807, 2.05) is 0 Å². The molecule has 0 aliphatic carbocycles. The highest BCUT2D eigenvalue weighted by Crippen LogP contribution is 2.34. The monoisotopic (exact) mass is 307 g/mol. The predicted octanol–water partition coefficient (Wildman–Crippen LogP) is 4.67. The van der Waals surface area contributed by atoms with E-state index < -0.39 is 0 Å². The van der Waals surface area contributed by atoms with Crippen molar-refractivity contribution in [1.82, 2.24) is 14.3 Å². The van der Waals surface area contributed by atoms with E-state index in [9.17, 15) is 0 Å². The Hall–Kier alpha value is -1.87. The molecule has 1 aliphatic rings. The van der Waals surface area contributed by atoms with Crippen LogP contribution in [-0.2, 0) is 0 Å². The summed E-state index contributed by atoms with van der Waals surface area (Å²) in [5, 5.41) is 0. The van der Waals surface area contributed by atoms with Gasteiger partial charge in [0, 0.05) is 6.20 Å². The fourth-order valence-corrected chi connectivity index (χ4v) is 4.07. The van der Waals surface area contributed by atoms with Gasteiger partial charge in [-0.2, -0.15) is 0 Å². The molecule has 3 nitrogen and oxygen atoms in total. The van der Waals surface area contributed by atoms with Gasteiger partial charge in [-0.05, 0) is 56.1 Å². The van der Waals surface area contributed by atoms with E-state index in [4.69, 9.17) is 4.98 Å². The molecular formula is C20H25N3. The molecule has 0 N–H and O–H groups in total. The highest BCUT2D eigenvalue weighted by atomic mass is 15.2. The van der Waals surface area contributed by atoms with Crippen LogP contribution in [0.2, 0.25) is 0 Å². The fourth-order valence-electron chi connectivity index (χ4n) is 4.07. The summed E-state index contributed by atoms with van der Waals surface area (Å²) in [6.07, 6.45) is 6.16. The molecule has 1 aliphatic heterocycles. The summed E-state index contributed by atoms with van der Waals surface area (Å²) in [6, 6.07) is 13.2. The van der Waals surface area contributed by atoms with E-state index >= 15 is 0 Å². The number of hydrogen-bond acceptors (Lipinski definition) is 2. The van der Waals surface area contributed by atoms with Crippen molar-refractivity contribution in [3.63, 3.8) is 0 Å². The summed E-state index contributed by atoms with van der Waals surface area (Å²) in [6.45, 7) is 7.06. The van der Waals surface area contributed by atoms with Gasteiger partial charge in [-0.15, -0.1) is 0 Å². The molecule has 1 fully saturated rings. The lowest BCUT2D eigenvalue weighted by Crippen LogP contribution is -2.37. The van der Waals surface area contributed by atoms with Crippen LogP contribution in [0, 0.1) is 5.92 Å². The van der Waals surface area contributed by atoms with Gasteiger partial charge in [-0.3, -0.25) is 4.90 Å². The summed E-state index contributed by atoms with van der Waals surface area (Å²) in [4.78, 5) is 7.76. The first-order valence-electron chi connectivity index (χ1n) is 8.85. The van der Waals surface area contributed by atoms with Crippen molar-refractivity contribution in [2.75, 3.05) is 13.1 Å². The van der Waals surface area contributed by atoms with Crippen LogP contribution in [0.4, 0.5) is 0 Å². The lowest BCUT2D eigenvalue weighted by Gasteiger charge is -2.37. The summed E-state index contributed by atoms with van der Waals surface area (Å²) in [5.41, 5.74) is 4.78. The molecule has 0 amide bonds. The Morgan fingerprint density at radius 1 is 0.913 bits per heavy atom. The topological polar surface area (TPSA) is 20.5 Å². The van der Waals surface area contributed by atoms with E-state index in [2.05, 4.69) is 65.7 Å². The first-order valence-corrected chi connectivity index (χ1v) is 8.85. The summed E-state index contributed by atoms with van der Waals surface area (Å²) in [7, 11) is 0. The highest BCUT2D eigenvalue weighted by Gasteiger charge is 2.28. The first kappa shape index (κ1) is 14.7. The van der Waals surface area contributed by atoms with Crippen LogP contribution in [0.1, 0.15) is 44.8 Å². The Balaban J connectivity index is 1.91. The Bertz CT molecular complexity index is 812. The smallest absolute Gasteiger partial charge is 0.0874 e. The van der Waals surface area contributed by atoms with E-state index in [1.54, 1.807) is 0 Å². The largest absolute Gasteiger partial charge is 0.313 e. The lowest BCUT2D eigenvalue weighted by atomic mass is 9.95. The third-order valence-corrected chi connectivity index (χ3v) is 5.09. The molecule has 1 saturated heterocycles. The number of piperidine rings is 1. The van der Waals surface area contributed by atoms with Crippen molar-refractivity contribution in [2.24, 2.45) is 5.92 Å². The number of fused-ring (bicyclic) bond motifs is 3. The fraction of sp³-hybridized carbons (Fsp3) is 0.450. The number of likely N-dealkylation sites (tertiary alicyclic amines) is 1. The maximum Gasteiger partial charge on any atom is 0.0874 e. The average Bonchev–Trinajstić information content (AvgIpc) is 3.06. The molecule has 3 aromatic rings. The van der Waals surface area contributed by atoms with Crippen molar-refractivity contribution < 1.29 is 0 Å². The van der Waals surface area contributed by atoms with Crippen LogP contribution < -0.4 is 0 Å². The number of aromatic nitrogens is 2. The number of nitrogens with zero attached hydrogens (tertiary/aromatic N) is 3. The Morgan fingerprint density at radius 3 is 2.43 bits per heavy atom. The zero-order chi connectivity index (χ0) is 15.8. The molecule has 0 bridgehead atoms. The Kier molecular flexibility index (Phi) is 3.82. The minimum Gasteiger partial charge on any atom is -0.313 e. The van der Waals surface area contributed by atoms with E-state index in [0.717, 1.165) is 5.52 Å². The quantitative estimate of drug-likeness (QED) is 0.701. The van der Waals surface area contributed by atoms with Crippen LogP contribution in [0.5, 0.6) is 0 Å². The molecule has 23 heavy (non-hydrogen) atoms. The van der Waals surface area contributed by atoms with Crippen LogP contribution in [-0.4, -0.2) is 27.4 Å². The lowest BCUT2D eigenvalue weighted by molar-refractivity contribution is 0.126. The van der Waals surface area contributed by atoms with Gasteiger partial charge in [0.2, 0.25) is 0 Å². The molecular weight excluding hydrogens is 282 g/mol. The minimum absolute atomic E-state index is 0.400. The van der Waals surface area contributed by atoms with E-state index in [0.29, 0.717) is 12.0 Å². The molecule has 4 rings (SSSR count). The van der Waals surface area contributed by atoms with E-state index in [-0.39, 0.29) is 0 Å². The second-order valence-corrected chi connectivity index (χ2v) is 7.03. The van der Waals surface area contributed by atoms with Crippen molar-refractivity contribution >= 4 is 16.6 Å². The standard InChI is InChI=1S/C20H25N3/c1-15(2)20(22-12-6-3-7-13-22)19-18-11-8-14-23(18)17-10-5-4-9-16(17)21-19/h4-5,8-11,14-15,20H,3,6-7,12-13H2,1-2H3. The third-order valence-electron chi connectivity index (χ3n) is 5.09. The molecule has 1 aromatic carbocycles. The molecule has 0 radical (unpaired) electrons. The van der Waals surface area contributed by atoms with Crippen LogP contribution in [0.25, 0.3) is 16.6 Å². The van der Waals surface area contributed by atoms with Gasteiger partial charge < -0.3 is 4.40 Å². The van der Waals surface area contributed by atoms with Crippen molar-refractivity contribution in [1.29, 1.82) is 0 Å². The van der Waals surface area contributed by atoms with Crippen molar-refractivity contribution in [3.8, 4) is 0 Å². The van der Waals surface area contributed by atoms with Gasteiger partial charge in [0.15, 0.2) is 0 Å². The van der Waals surface area contributed by atoms with Crippen LogP contribution >= 0.6 is 0 Å². The van der Waals surface area contributed by atoms with Gasteiger partial charge in [0.1, 0.15) is 0 Å². The summed E-state index contributed by atoms with van der Waals surface area (Å²) in [5.74, 6) is 0.556. The van der Waals surface area contributed by atoms with Crippen molar-refractivity contribution in [3.05, 3.63) is 48.3 Å². The third kappa shape index (κ3) is 2.53. The van der Waals surface area contributed by atoms with Gasteiger partial charge in [0.05, 0.1) is 28.3 Å². The molecule has 3 heterocycles. The molecule has 0 spiro atoms. The second kappa shape index (κ2) is 5.97. The van der Waals surface area contributed by atoms with Crippen LogP contribution in [0.3, 0.4) is 0 Å². The molecule has 1 unspecified atom stereocenters. The molecule has 2 aromatic heterocycles. The highest BCUT2D eigenvalue weighted by molar-refractivity contribution is 5.79. The maximum atomic E-state index is 5.11. The summed E-state index contributed by atoms with van der Waals surface area (Å²) >= 11 is 0. The minimum atomic E-state index is 0.400. The zero-order valence-corrected chi connectivity index (χ0v) is 14.1. The second-order valence-electron chi connectivity index (χ2n) is 7.03. The Morgan fingerprint density at radius 2 is 1.65 bits per heavy atom. The van der Waals surface area contributed by atoms with Gasteiger partial charge in [-0.25, -0.2) is 4.98 Å². The molecule has 3 heteroatoms. The number of hydrogen-bond donors (Lipinski definition) is 0. The molecule has 120 valence electrons. The van der Waals surface area contributed by atoms with Crippen LogP contribution in [0.15, 0.2) is 42.6 Å². The first-order chi connectivity index (χ1) is 11.3. The summed E-state index contributed by atoms with van der Waals surface area (Å²) < 4.78 is 2.30. The van der Waals surface area contributed by atoms with Gasteiger partial charge in [0.25, 0.3) is 0 Å². The zero-order valence-electron chi connectivity index (χ0n) is 14.1. The molecule has 1 atom stereocenters. The van der Waals surface area contributed by atoms with E-state index in [1.165, 1.54) is 49.1 Å².